The third-order valence-electron chi connectivity index (χ3n) is 4.29. The Morgan fingerprint density at radius 3 is 2.91 bits per heavy atom. The average Bonchev–Trinajstić information content (AvgIpc) is 3.02. The molecule has 124 valence electrons. The molecule has 0 aromatic carbocycles. The number of aromatic nitrogens is 3. The molecule has 2 aromatic heterocycles. The summed E-state index contributed by atoms with van der Waals surface area (Å²) in [4.78, 5) is 16.5. The summed E-state index contributed by atoms with van der Waals surface area (Å²) in [5.74, 6) is 1.51. The molecule has 0 aliphatic heterocycles. The first-order chi connectivity index (χ1) is 11.0. The van der Waals surface area contributed by atoms with Crippen LogP contribution in [0, 0.1) is 6.92 Å². The van der Waals surface area contributed by atoms with Crippen molar-refractivity contribution in [3.63, 3.8) is 0 Å². The van der Waals surface area contributed by atoms with Crippen LogP contribution in [0.2, 0.25) is 0 Å². The van der Waals surface area contributed by atoms with Crippen LogP contribution in [0.15, 0.2) is 11.4 Å². The van der Waals surface area contributed by atoms with Crippen molar-refractivity contribution in [2.45, 2.75) is 44.9 Å². The molecule has 0 radical (unpaired) electrons. The summed E-state index contributed by atoms with van der Waals surface area (Å²) in [6.45, 7) is 4.61. The van der Waals surface area contributed by atoms with Gasteiger partial charge < -0.3 is 5.32 Å². The second kappa shape index (κ2) is 6.70. The van der Waals surface area contributed by atoms with Gasteiger partial charge >= 0.3 is 6.03 Å². The van der Waals surface area contributed by atoms with E-state index in [-0.39, 0.29) is 11.9 Å². The number of rotatable bonds is 5. The quantitative estimate of drug-likeness (QED) is 0.881. The van der Waals surface area contributed by atoms with E-state index in [1.54, 1.807) is 16.0 Å². The van der Waals surface area contributed by atoms with Crippen LogP contribution in [-0.4, -0.2) is 27.3 Å². The smallest absolute Gasteiger partial charge is 0.320 e. The first-order valence-electron chi connectivity index (χ1n) is 8.03. The Labute approximate surface area is 140 Å². The molecule has 1 fully saturated rings. The molecule has 1 saturated carbocycles. The summed E-state index contributed by atoms with van der Waals surface area (Å²) in [5.41, 5.74) is 2.11. The molecule has 7 heteroatoms. The number of aryl methyl sites for hydroxylation is 2. The Bertz CT molecular complexity index is 688. The summed E-state index contributed by atoms with van der Waals surface area (Å²) in [5, 5.41) is 13.4. The fraction of sp³-hybridized carbons (Fsp3) is 0.562. The van der Waals surface area contributed by atoms with Gasteiger partial charge in [-0.05, 0) is 19.8 Å². The number of nitrogens with zero attached hydrogens (tertiary/aromatic N) is 3. The number of anilines is 1. The Morgan fingerprint density at radius 2 is 2.30 bits per heavy atom. The van der Waals surface area contributed by atoms with E-state index in [0.29, 0.717) is 12.5 Å². The van der Waals surface area contributed by atoms with E-state index >= 15 is 0 Å². The van der Waals surface area contributed by atoms with Gasteiger partial charge in [0.15, 0.2) is 0 Å². The van der Waals surface area contributed by atoms with E-state index in [9.17, 15) is 4.79 Å². The van der Waals surface area contributed by atoms with E-state index in [0.717, 1.165) is 22.2 Å². The summed E-state index contributed by atoms with van der Waals surface area (Å²) in [7, 11) is 1.86. The minimum absolute atomic E-state index is 0.201. The van der Waals surface area contributed by atoms with Gasteiger partial charge in [0.05, 0.1) is 10.7 Å². The predicted molar refractivity (Wildman–Crippen MR) is 92.1 cm³/mol. The zero-order valence-electron chi connectivity index (χ0n) is 13.8. The van der Waals surface area contributed by atoms with Gasteiger partial charge in [0.2, 0.25) is 0 Å². The van der Waals surface area contributed by atoms with Crippen LogP contribution in [0.25, 0.3) is 0 Å². The highest BCUT2D eigenvalue weighted by Crippen LogP contribution is 2.36. The minimum atomic E-state index is -0.201. The van der Waals surface area contributed by atoms with Crippen LogP contribution in [0.5, 0.6) is 0 Å². The van der Waals surface area contributed by atoms with Crippen molar-refractivity contribution in [1.29, 1.82) is 0 Å². The number of hydrogen-bond donors (Lipinski definition) is 2. The molecule has 1 unspecified atom stereocenters. The van der Waals surface area contributed by atoms with Gasteiger partial charge in [-0.25, -0.2) is 9.78 Å². The van der Waals surface area contributed by atoms with Crippen LogP contribution < -0.4 is 10.6 Å². The van der Waals surface area contributed by atoms with Crippen LogP contribution >= 0.6 is 11.3 Å². The number of thiazole rings is 1. The lowest BCUT2D eigenvalue weighted by molar-refractivity contribution is 0.251. The summed E-state index contributed by atoms with van der Waals surface area (Å²) in [6, 6.07) is 1.78. The maximum absolute atomic E-state index is 12.1. The molecule has 2 N–H and O–H groups in total. The molecular weight excluding hydrogens is 310 g/mol. The topological polar surface area (TPSA) is 71.8 Å². The van der Waals surface area contributed by atoms with Crippen molar-refractivity contribution in [3.05, 3.63) is 27.8 Å². The van der Waals surface area contributed by atoms with Gasteiger partial charge in [-0.3, -0.25) is 10.00 Å². The number of hydrogen-bond acceptors (Lipinski definition) is 4. The molecule has 1 aliphatic rings. The molecule has 0 spiro atoms. The van der Waals surface area contributed by atoms with Crippen molar-refractivity contribution >= 4 is 23.2 Å². The third-order valence-corrected chi connectivity index (χ3v) is 5.49. The molecule has 6 nitrogen and oxygen atoms in total. The highest BCUT2D eigenvalue weighted by Gasteiger charge is 2.23. The highest BCUT2D eigenvalue weighted by atomic mass is 32.1. The van der Waals surface area contributed by atoms with Crippen LogP contribution in [0.1, 0.15) is 54.4 Å². The van der Waals surface area contributed by atoms with Crippen LogP contribution in [0.4, 0.5) is 10.6 Å². The van der Waals surface area contributed by atoms with Crippen molar-refractivity contribution < 1.29 is 4.79 Å². The van der Waals surface area contributed by atoms with Gasteiger partial charge in [0.1, 0.15) is 5.82 Å². The predicted octanol–water partition coefficient (Wildman–Crippen LogP) is 3.38. The lowest BCUT2D eigenvalue weighted by atomic mass is 9.83. The standard InChI is InChI=1S/C16H23N5OS/c1-10(15-18-11(2)9-23-15)8-17-16(22)19-14-7-13(20-21(14)3)12-5-4-6-12/h7,9-10,12H,4-6,8H2,1-3H3,(H2,17,19,22). The number of urea groups is 1. The lowest BCUT2D eigenvalue weighted by Crippen LogP contribution is -2.32. The molecule has 2 heterocycles. The summed E-state index contributed by atoms with van der Waals surface area (Å²) < 4.78 is 1.74. The highest BCUT2D eigenvalue weighted by molar-refractivity contribution is 7.09. The van der Waals surface area contributed by atoms with Gasteiger partial charge in [0, 0.05) is 42.6 Å². The number of amides is 2. The largest absolute Gasteiger partial charge is 0.337 e. The number of carbonyl (C=O) groups excluding carboxylic acids is 1. The van der Waals surface area contributed by atoms with Crippen molar-refractivity contribution in [3.8, 4) is 0 Å². The number of carbonyl (C=O) groups is 1. The zero-order chi connectivity index (χ0) is 16.4. The second-order valence-corrected chi connectivity index (χ2v) is 7.16. The second-order valence-electron chi connectivity index (χ2n) is 6.27. The molecule has 1 atom stereocenters. The van der Waals surface area contributed by atoms with E-state index in [1.165, 1.54) is 19.3 Å². The molecule has 1 aliphatic carbocycles. The summed E-state index contributed by atoms with van der Waals surface area (Å²) in [6.07, 6.45) is 3.68. The molecule has 3 rings (SSSR count). The van der Waals surface area contributed by atoms with Gasteiger partial charge in [-0.2, -0.15) is 5.10 Å². The van der Waals surface area contributed by atoms with Crippen LogP contribution in [0.3, 0.4) is 0 Å². The Morgan fingerprint density at radius 1 is 1.52 bits per heavy atom. The molecular formula is C16H23N5OS. The number of nitrogens with one attached hydrogen (secondary N) is 2. The first-order valence-corrected chi connectivity index (χ1v) is 8.91. The van der Waals surface area contributed by atoms with Crippen LogP contribution in [-0.2, 0) is 7.05 Å². The SMILES string of the molecule is Cc1csc(C(C)CNC(=O)Nc2cc(C3CCC3)nn2C)n1. The van der Waals surface area contributed by atoms with Crippen molar-refractivity contribution in [2.75, 3.05) is 11.9 Å². The van der Waals surface area contributed by atoms with Crippen molar-refractivity contribution in [1.82, 2.24) is 20.1 Å². The van der Waals surface area contributed by atoms with E-state index in [1.807, 2.05) is 25.4 Å². The molecule has 0 bridgehead atoms. The van der Waals surface area contributed by atoms with E-state index < -0.39 is 0 Å². The zero-order valence-corrected chi connectivity index (χ0v) is 14.6. The Balaban J connectivity index is 1.52. The van der Waals surface area contributed by atoms with Gasteiger partial charge in [-0.15, -0.1) is 11.3 Å². The average molecular weight is 333 g/mol. The summed E-state index contributed by atoms with van der Waals surface area (Å²) >= 11 is 1.63. The monoisotopic (exact) mass is 333 g/mol. The fourth-order valence-corrected chi connectivity index (χ4v) is 3.46. The Kier molecular flexibility index (Phi) is 4.66. The lowest BCUT2D eigenvalue weighted by Gasteiger charge is -2.22. The molecule has 2 amide bonds. The van der Waals surface area contributed by atoms with Crippen molar-refractivity contribution in [2.24, 2.45) is 7.05 Å². The maximum atomic E-state index is 12.1. The Hall–Kier alpha value is -1.89. The molecule has 0 saturated heterocycles. The minimum Gasteiger partial charge on any atom is -0.337 e. The third kappa shape index (κ3) is 3.72. The van der Waals surface area contributed by atoms with E-state index in [4.69, 9.17) is 0 Å². The maximum Gasteiger partial charge on any atom is 0.320 e. The normalized spacial score (nSPS) is 16.0. The fourth-order valence-electron chi connectivity index (χ4n) is 2.60. The van der Waals surface area contributed by atoms with Gasteiger partial charge in [0.25, 0.3) is 0 Å². The first kappa shape index (κ1) is 16.0. The molecule has 23 heavy (non-hydrogen) atoms. The van der Waals surface area contributed by atoms with Gasteiger partial charge in [-0.1, -0.05) is 13.3 Å². The van der Waals surface area contributed by atoms with E-state index in [2.05, 4.69) is 27.6 Å². The molecule has 2 aromatic rings.